The van der Waals surface area contributed by atoms with Crippen molar-refractivity contribution in [2.45, 2.75) is 50.9 Å². The molecule has 0 saturated heterocycles. The van der Waals surface area contributed by atoms with E-state index in [0.29, 0.717) is 33.6 Å². The molecule has 6 nitrogen and oxygen atoms in total. The molecule has 2 N–H and O–H groups in total. The van der Waals surface area contributed by atoms with Crippen LogP contribution < -0.4 is 15.1 Å². The maximum atomic E-state index is 11.9. The third kappa shape index (κ3) is 2.52. The Morgan fingerprint density at radius 2 is 1.96 bits per heavy atom. The van der Waals surface area contributed by atoms with E-state index in [4.69, 9.17) is 13.9 Å². The van der Waals surface area contributed by atoms with Gasteiger partial charge in [0.1, 0.15) is 34.9 Å². The molecule has 6 heteroatoms. The van der Waals surface area contributed by atoms with Gasteiger partial charge in [-0.3, -0.25) is 0 Å². The fourth-order valence-corrected chi connectivity index (χ4v) is 3.41. The maximum absolute atomic E-state index is 11.9. The molecule has 0 unspecified atom stereocenters. The van der Waals surface area contributed by atoms with Gasteiger partial charge in [-0.15, -0.1) is 6.58 Å². The summed E-state index contributed by atoms with van der Waals surface area (Å²) < 4.78 is 17.1. The molecule has 0 bridgehead atoms. The quantitative estimate of drug-likeness (QED) is 0.646. The highest BCUT2D eigenvalue weighted by atomic mass is 16.5. The van der Waals surface area contributed by atoms with Crippen LogP contribution in [0.25, 0.3) is 11.0 Å². The lowest BCUT2D eigenvalue weighted by Crippen LogP contribution is -2.49. The van der Waals surface area contributed by atoms with Crippen LogP contribution in [0, 0.1) is 0 Å². The minimum atomic E-state index is -1.22. The Morgan fingerprint density at radius 1 is 1.31 bits per heavy atom. The first-order valence-corrected chi connectivity index (χ1v) is 8.42. The van der Waals surface area contributed by atoms with Crippen molar-refractivity contribution in [3.8, 4) is 11.5 Å². The first-order valence-electron chi connectivity index (χ1n) is 8.42. The van der Waals surface area contributed by atoms with E-state index in [0.717, 1.165) is 0 Å². The number of benzene rings is 1. The number of aliphatic hydroxyl groups is 2. The van der Waals surface area contributed by atoms with Gasteiger partial charge in [0.25, 0.3) is 0 Å². The SMILES string of the molecule is C=CC(C)(C)c1c2c(c(OC)c3ccc(=O)oc13)[C@@H](O)[C@@H](O)C(C)(C)O2. The fourth-order valence-electron chi connectivity index (χ4n) is 3.41. The molecule has 0 radical (unpaired) electrons. The Morgan fingerprint density at radius 3 is 2.54 bits per heavy atom. The zero-order valence-electron chi connectivity index (χ0n) is 15.6. The summed E-state index contributed by atoms with van der Waals surface area (Å²) in [4.78, 5) is 11.9. The standard InChI is InChI=1S/C20H24O6/c1-7-19(2,3)13-16-10(8-9-11(21)25-16)15(24-6)12-14(22)18(23)20(4,5)26-17(12)13/h7-9,14,18,22-23H,1H2,2-6H3/t14-,18-/m1/s1. The number of methoxy groups -OCH3 is 1. The normalized spacial score (nSPS) is 21.8. The van der Waals surface area contributed by atoms with E-state index in [1.165, 1.54) is 13.2 Å². The van der Waals surface area contributed by atoms with Crippen LogP contribution >= 0.6 is 0 Å². The predicted octanol–water partition coefficient (Wildman–Crippen LogP) is 2.83. The first kappa shape index (κ1) is 18.5. The van der Waals surface area contributed by atoms with Crippen LogP contribution in [0.15, 0.2) is 34.0 Å². The Labute approximate surface area is 151 Å². The molecular formula is C20H24O6. The lowest BCUT2D eigenvalue weighted by Gasteiger charge is -2.42. The van der Waals surface area contributed by atoms with Crippen molar-refractivity contribution >= 4 is 11.0 Å². The van der Waals surface area contributed by atoms with Gasteiger partial charge in [-0.1, -0.05) is 19.9 Å². The molecular weight excluding hydrogens is 336 g/mol. The molecule has 0 aliphatic carbocycles. The van der Waals surface area contributed by atoms with E-state index in [1.54, 1.807) is 26.0 Å². The van der Waals surface area contributed by atoms with E-state index in [1.807, 2.05) is 13.8 Å². The van der Waals surface area contributed by atoms with Crippen LogP contribution in [0.1, 0.15) is 44.9 Å². The van der Waals surface area contributed by atoms with Crippen molar-refractivity contribution in [2.24, 2.45) is 0 Å². The molecule has 3 rings (SSSR count). The lowest BCUT2D eigenvalue weighted by atomic mass is 9.78. The highest BCUT2D eigenvalue weighted by molar-refractivity contribution is 5.92. The number of hydrogen-bond acceptors (Lipinski definition) is 6. The average Bonchev–Trinajstić information content (AvgIpc) is 2.57. The molecule has 0 saturated carbocycles. The van der Waals surface area contributed by atoms with Crippen molar-refractivity contribution in [3.63, 3.8) is 0 Å². The molecule has 2 aromatic rings. The molecule has 2 heterocycles. The number of allylic oxidation sites excluding steroid dienone is 1. The third-order valence-electron chi connectivity index (χ3n) is 5.05. The summed E-state index contributed by atoms with van der Waals surface area (Å²) in [6, 6.07) is 2.88. The highest BCUT2D eigenvalue weighted by Crippen LogP contribution is 2.53. The fraction of sp³-hybridized carbons (Fsp3) is 0.450. The van der Waals surface area contributed by atoms with Crippen molar-refractivity contribution in [3.05, 3.63) is 46.3 Å². The molecule has 140 valence electrons. The van der Waals surface area contributed by atoms with Gasteiger partial charge in [-0.2, -0.15) is 0 Å². The number of fused-ring (bicyclic) bond motifs is 2. The van der Waals surface area contributed by atoms with E-state index >= 15 is 0 Å². The van der Waals surface area contributed by atoms with Crippen LogP contribution in [0.4, 0.5) is 0 Å². The highest BCUT2D eigenvalue weighted by Gasteiger charge is 2.47. The van der Waals surface area contributed by atoms with Gasteiger partial charge in [0.2, 0.25) is 0 Å². The summed E-state index contributed by atoms with van der Waals surface area (Å²) >= 11 is 0. The zero-order chi connectivity index (χ0) is 19.4. The monoisotopic (exact) mass is 360 g/mol. The summed E-state index contributed by atoms with van der Waals surface area (Å²) in [5, 5.41) is 21.9. The third-order valence-corrected chi connectivity index (χ3v) is 5.05. The second kappa shape index (κ2) is 5.86. The summed E-state index contributed by atoms with van der Waals surface area (Å²) in [7, 11) is 1.46. The van der Waals surface area contributed by atoms with Gasteiger partial charge >= 0.3 is 5.63 Å². The molecule has 0 fully saturated rings. The van der Waals surface area contributed by atoms with Gasteiger partial charge in [0, 0.05) is 17.0 Å². The second-order valence-corrected chi connectivity index (χ2v) is 7.67. The van der Waals surface area contributed by atoms with Crippen LogP contribution in [-0.4, -0.2) is 29.0 Å². The number of aliphatic hydroxyl groups excluding tert-OH is 2. The van der Waals surface area contributed by atoms with Gasteiger partial charge in [0.15, 0.2) is 0 Å². The maximum Gasteiger partial charge on any atom is 0.336 e. The molecule has 0 amide bonds. The van der Waals surface area contributed by atoms with E-state index in [-0.39, 0.29) is 0 Å². The minimum Gasteiger partial charge on any atom is -0.495 e. The summed E-state index contributed by atoms with van der Waals surface area (Å²) in [5.41, 5.74) is -0.954. The Hall–Kier alpha value is -2.31. The summed E-state index contributed by atoms with van der Waals surface area (Å²) in [6.45, 7) is 11.1. The van der Waals surface area contributed by atoms with Crippen molar-refractivity contribution in [2.75, 3.05) is 7.11 Å². The number of hydrogen-bond donors (Lipinski definition) is 2. The first-order chi connectivity index (χ1) is 12.0. The van der Waals surface area contributed by atoms with Gasteiger partial charge in [-0.25, -0.2) is 4.79 Å². The smallest absolute Gasteiger partial charge is 0.336 e. The minimum absolute atomic E-state index is 0.310. The van der Waals surface area contributed by atoms with Crippen LogP contribution in [0.2, 0.25) is 0 Å². The zero-order valence-corrected chi connectivity index (χ0v) is 15.6. The summed E-state index contributed by atoms with van der Waals surface area (Å²) in [6.07, 6.45) is -0.661. The lowest BCUT2D eigenvalue weighted by molar-refractivity contribution is -0.113. The molecule has 2 atom stereocenters. The van der Waals surface area contributed by atoms with E-state index < -0.39 is 28.8 Å². The summed E-state index contributed by atoms with van der Waals surface area (Å²) in [5.74, 6) is 0.654. The molecule has 1 aliphatic heterocycles. The van der Waals surface area contributed by atoms with Crippen molar-refractivity contribution in [1.82, 2.24) is 0 Å². The van der Waals surface area contributed by atoms with Gasteiger partial charge < -0.3 is 24.1 Å². The predicted molar refractivity (Wildman–Crippen MR) is 97.9 cm³/mol. The van der Waals surface area contributed by atoms with Crippen molar-refractivity contribution in [1.29, 1.82) is 0 Å². The number of rotatable bonds is 3. The Bertz CT molecular complexity index is 937. The van der Waals surface area contributed by atoms with Crippen LogP contribution in [0.5, 0.6) is 11.5 Å². The van der Waals surface area contributed by atoms with Crippen LogP contribution in [0.3, 0.4) is 0 Å². The van der Waals surface area contributed by atoms with Crippen molar-refractivity contribution < 1.29 is 24.1 Å². The molecule has 26 heavy (non-hydrogen) atoms. The topological polar surface area (TPSA) is 89.1 Å². The molecule has 1 aliphatic rings. The van der Waals surface area contributed by atoms with Gasteiger partial charge in [-0.05, 0) is 19.9 Å². The molecule has 0 spiro atoms. The largest absolute Gasteiger partial charge is 0.495 e. The van der Waals surface area contributed by atoms with E-state index in [9.17, 15) is 15.0 Å². The van der Waals surface area contributed by atoms with Crippen LogP contribution in [-0.2, 0) is 5.41 Å². The molecule has 1 aromatic carbocycles. The molecule has 1 aromatic heterocycles. The van der Waals surface area contributed by atoms with E-state index in [2.05, 4.69) is 6.58 Å². The average molecular weight is 360 g/mol. The number of ether oxygens (including phenoxy) is 2. The Kier molecular flexibility index (Phi) is 4.16. The Balaban J connectivity index is 2.57. The second-order valence-electron chi connectivity index (χ2n) is 7.67. The van der Waals surface area contributed by atoms with Gasteiger partial charge in [0.05, 0.1) is 18.1 Å².